The lowest BCUT2D eigenvalue weighted by molar-refractivity contribution is -0.384. The monoisotopic (exact) mass is 357 g/mol. The first kappa shape index (κ1) is 22.3. The van der Waals surface area contributed by atoms with E-state index in [0.717, 1.165) is 31.2 Å². The van der Waals surface area contributed by atoms with E-state index in [0.29, 0.717) is 19.5 Å². The molecule has 0 saturated heterocycles. The molecule has 0 bridgehead atoms. The third-order valence-electron chi connectivity index (χ3n) is 3.79. The smallest absolute Gasteiger partial charge is 0.269 e. The molecule has 0 aliphatic heterocycles. The molecule has 0 heterocycles. The molecule has 24 heavy (non-hydrogen) atoms. The highest BCUT2D eigenvalue weighted by Crippen LogP contribution is 2.16. The SMILES string of the molecule is CC(C)N(Cc1ccc([N+](=O)[O-])cc1)C(=O)CCCCCCN.Cl. The van der Waals surface area contributed by atoms with Gasteiger partial charge in [-0.2, -0.15) is 0 Å². The quantitative estimate of drug-likeness (QED) is 0.393. The molecule has 0 radical (unpaired) electrons. The summed E-state index contributed by atoms with van der Waals surface area (Å²) < 4.78 is 0. The van der Waals surface area contributed by atoms with Crippen molar-refractivity contribution in [2.75, 3.05) is 6.54 Å². The number of carbonyl (C=O) groups excluding carboxylic acids is 1. The minimum Gasteiger partial charge on any atom is -0.336 e. The third kappa shape index (κ3) is 7.75. The second-order valence-corrected chi connectivity index (χ2v) is 5.99. The molecule has 0 fully saturated rings. The summed E-state index contributed by atoms with van der Waals surface area (Å²) >= 11 is 0. The molecule has 0 aliphatic carbocycles. The second-order valence-electron chi connectivity index (χ2n) is 5.99. The van der Waals surface area contributed by atoms with Gasteiger partial charge in [0, 0.05) is 31.1 Å². The van der Waals surface area contributed by atoms with Crippen molar-refractivity contribution in [1.29, 1.82) is 0 Å². The molecule has 0 atom stereocenters. The molecule has 0 aromatic heterocycles. The molecule has 2 N–H and O–H groups in total. The van der Waals surface area contributed by atoms with Gasteiger partial charge in [0.25, 0.3) is 5.69 Å². The fourth-order valence-electron chi connectivity index (χ4n) is 2.40. The number of nitro benzene ring substituents is 1. The second kappa shape index (κ2) is 11.8. The van der Waals surface area contributed by atoms with Crippen LogP contribution in [0.25, 0.3) is 0 Å². The molecule has 7 heteroatoms. The van der Waals surface area contributed by atoms with Gasteiger partial charge >= 0.3 is 0 Å². The van der Waals surface area contributed by atoms with Gasteiger partial charge in [-0.05, 0) is 38.8 Å². The Bertz CT molecular complexity index is 506. The number of non-ortho nitro benzene ring substituents is 1. The molecule has 1 aromatic carbocycles. The predicted molar refractivity (Wildman–Crippen MR) is 98.2 cm³/mol. The van der Waals surface area contributed by atoms with Gasteiger partial charge in [0.2, 0.25) is 5.91 Å². The summed E-state index contributed by atoms with van der Waals surface area (Å²) in [5.41, 5.74) is 6.43. The van der Waals surface area contributed by atoms with Crippen LogP contribution in [0.1, 0.15) is 51.5 Å². The van der Waals surface area contributed by atoms with E-state index in [-0.39, 0.29) is 30.0 Å². The van der Waals surface area contributed by atoms with Gasteiger partial charge < -0.3 is 10.6 Å². The molecule has 0 saturated carbocycles. The van der Waals surface area contributed by atoms with Crippen molar-refractivity contribution < 1.29 is 9.72 Å². The molecule has 0 unspecified atom stereocenters. The zero-order valence-corrected chi connectivity index (χ0v) is 15.3. The van der Waals surface area contributed by atoms with Crippen molar-refractivity contribution in [3.05, 3.63) is 39.9 Å². The van der Waals surface area contributed by atoms with Crippen LogP contribution in [0.15, 0.2) is 24.3 Å². The van der Waals surface area contributed by atoms with Gasteiger partial charge in [0.15, 0.2) is 0 Å². The zero-order valence-electron chi connectivity index (χ0n) is 14.4. The number of hydrogen-bond acceptors (Lipinski definition) is 4. The summed E-state index contributed by atoms with van der Waals surface area (Å²) in [5, 5.41) is 10.7. The lowest BCUT2D eigenvalue weighted by atomic mass is 10.1. The van der Waals surface area contributed by atoms with E-state index < -0.39 is 4.92 Å². The number of unbranched alkanes of at least 4 members (excludes halogenated alkanes) is 3. The molecule has 0 aliphatic rings. The van der Waals surface area contributed by atoms with Crippen LogP contribution in [-0.2, 0) is 11.3 Å². The highest BCUT2D eigenvalue weighted by Gasteiger charge is 2.17. The first-order chi connectivity index (χ1) is 11.0. The van der Waals surface area contributed by atoms with Crippen molar-refractivity contribution in [3.63, 3.8) is 0 Å². The van der Waals surface area contributed by atoms with Crippen molar-refractivity contribution >= 4 is 24.0 Å². The fraction of sp³-hybridized carbons (Fsp3) is 0.588. The number of hydrogen-bond donors (Lipinski definition) is 1. The number of nitrogens with zero attached hydrogens (tertiary/aromatic N) is 2. The van der Waals surface area contributed by atoms with Crippen LogP contribution >= 0.6 is 12.4 Å². The maximum atomic E-state index is 12.4. The topological polar surface area (TPSA) is 89.5 Å². The number of nitrogens with two attached hydrogens (primary N) is 1. The first-order valence-electron chi connectivity index (χ1n) is 8.18. The molecule has 0 spiro atoms. The van der Waals surface area contributed by atoms with Crippen LogP contribution in [0, 0.1) is 10.1 Å². The largest absolute Gasteiger partial charge is 0.336 e. The number of amides is 1. The van der Waals surface area contributed by atoms with Gasteiger partial charge in [-0.1, -0.05) is 25.0 Å². The fourth-order valence-corrected chi connectivity index (χ4v) is 2.40. The predicted octanol–water partition coefficient (Wildman–Crippen LogP) is 3.66. The average Bonchev–Trinajstić information content (AvgIpc) is 2.52. The Labute approximate surface area is 150 Å². The van der Waals surface area contributed by atoms with Gasteiger partial charge in [-0.25, -0.2) is 0 Å². The highest BCUT2D eigenvalue weighted by atomic mass is 35.5. The van der Waals surface area contributed by atoms with Gasteiger partial charge in [0.05, 0.1) is 4.92 Å². The Morgan fingerprint density at radius 3 is 2.25 bits per heavy atom. The molecule has 1 amide bonds. The van der Waals surface area contributed by atoms with Crippen molar-refractivity contribution in [2.24, 2.45) is 5.73 Å². The molecular weight excluding hydrogens is 330 g/mol. The summed E-state index contributed by atoms with van der Waals surface area (Å²) in [6.07, 6.45) is 4.50. The Balaban J connectivity index is 0.00000529. The van der Waals surface area contributed by atoms with Gasteiger partial charge in [0.1, 0.15) is 0 Å². The maximum absolute atomic E-state index is 12.4. The van der Waals surface area contributed by atoms with E-state index in [2.05, 4.69) is 0 Å². The van der Waals surface area contributed by atoms with E-state index in [4.69, 9.17) is 5.73 Å². The molecule has 6 nitrogen and oxygen atoms in total. The third-order valence-corrected chi connectivity index (χ3v) is 3.79. The van der Waals surface area contributed by atoms with E-state index >= 15 is 0 Å². The lowest BCUT2D eigenvalue weighted by Crippen LogP contribution is -2.36. The molecular formula is C17H28ClN3O3. The van der Waals surface area contributed by atoms with Crippen LogP contribution in [-0.4, -0.2) is 28.3 Å². The Morgan fingerprint density at radius 1 is 1.17 bits per heavy atom. The van der Waals surface area contributed by atoms with Gasteiger partial charge in [-0.3, -0.25) is 14.9 Å². The maximum Gasteiger partial charge on any atom is 0.269 e. The minimum absolute atomic E-state index is 0. The highest BCUT2D eigenvalue weighted by molar-refractivity contribution is 5.85. The van der Waals surface area contributed by atoms with Crippen LogP contribution < -0.4 is 5.73 Å². The Morgan fingerprint density at radius 2 is 1.75 bits per heavy atom. The van der Waals surface area contributed by atoms with Crippen molar-refractivity contribution in [3.8, 4) is 0 Å². The lowest BCUT2D eigenvalue weighted by Gasteiger charge is -2.27. The average molecular weight is 358 g/mol. The number of halogens is 1. The summed E-state index contributed by atoms with van der Waals surface area (Å²) in [6, 6.07) is 6.47. The minimum atomic E-state index is -0.420. The molecule has 136 valence electrons. The van der Waals surface area contributed by atoms with E-state index in [1.54, 1.807) is 12.1 Å². The van der Waals surface area contributed by atoms with Crippen molar-refractivity contribution in [1.82, 2.24) is 4.90 Å². The van der Waals surface area contributed by atoms with Crippen LogP contribution in [0.5, 0.6) is 0 Å². The zero-order chi connectivity index (χ0) is 17.2. The van der Waals surface area contributed by atoms with E-state index in [9.17, 15) is 14.9 Å². The van der Waals surface area contributed by atoms with Crippen LogP contribution in [0.2, 0.25) is 0 Å². The number of rotatable bonds is 10. The van der Waals surface area contributed by atoms with E-state index in [1.165, 1.54) is 12.1 Å². The summed E-state index contributed by atoms with van der Waals surface area (Å²) in [5.74, 6) is 0.131. The Kier molecular flexibility index (Phi) is 11.0. The summed E-state index contributed by atoms with van der Waals surface area (Å²) in [4.78, 5) is 24.5. The standard InChI is InChI=1S/C17H27N3O3.ClH/c1-14(2)19(17(21)7-5-3-4-6-12-18)13-15-8-10-16(11-9-15)20(22)23;/h8-11,14H,3-7,12-13,18H2,1-2H3;1H. The molecule has 1 aromatic rings. The van der Waals surface area contributed by atoms with Gasteiger partial charge in [-0.15, -0.1) is 12.4 Å². The first-order valence-corrected chi connectivity index (χ1v) is 8.18. The molecule has 1 rings (SSSR count). The van der Waals surface area contributed by atoms with Crippen LogP contribution in [0.4, 0.5) is 5.69 Å². The van der Waals surface area contributed by atoms with Crippen LogP contribution in [0.3, 0.4) is 0 Å². The number of nitro groups is 1. The Hall–Kier alpha value is -1.66. The summed E-state index contributed by atoms with van der Waals surface area (Å²) in [7, 11) is 0. The van der Waals surface area contributed by atoms with Crippen molar-refractivity contribution in [2.45, 2.75) is 58.5 Å². The normalized spacial score (nSPS) is 10.3. The number of carbonyl (C=O) groups is 1. The summed E-state index contributed by atoms with van der Waals surface area (Å²) in [6.45, 7) is 5.15. The number of benzene rings is 1. The van der Waals surface area contributed by atoms with E-state index in [1.807, 2.05) is 18.7 Å².